The number of aliphatic imine (C=N–C) groups is 1. The summed E-state index contributed by atoms with van der Waals surface area (Å²) in [7, 11) is 0. The summed E-state index contributed by atoms with van der Waals surface area (Å²) in [6.45, 7) is 1.75. The minimum Gasteiger partial charge on any atom is -0.507 e. The number of nitrogens with zero attached hydrogens (tertiary/aromatic N) is 2. The third kappa shape index (κ3) is 3.77. The smallest absolute Gasteiger partial charge is 0.270 e. The molecule has 0 spiro atoms. The summed E-state index contributed by atoms with van der Waals surface area (Å²) >= 11 is 0. The van der Waals surface area contributed by atoms with Crippen LogP contribution in [0.5, 0.6) is 5.75 Å². The Labute approximate surface area is 162 Å². The molecule has 0 aromatic heterocycles. The summed E-state index contributed by atoms with van der Waals surface area (Å²) in [6, 6.07) is 21.5. The van der Waals surface area contributed by atoms with Crippen LogP contribution in [-0.2, 0) is 5.60 Å². The fourth-order valence-corrected chi connectivity index (χ4v) is 3.09. The fraction of sp³-hybridized carbons (Fsp3) is 0.136. The van der Waals surface area contributed by atoms with Gasteiger partial charge in [0.1, 0.15) is 11.4 Å². The quantitative estimate of drug-likeness (QED) is 0.385. The van der Waals surface area contributed by atoms with Crippen molar-refractivity contribution in [1.29, 1.82) is 0 Å². The Kier molecular flexibility index (Phi) is 5.52. The van der Waals surface area contributed by atoms with Crippen molar-refractivity contribution in [2.75, 3.05) is 0 Å². The molecule has 0 aliphatic carbocycles. The number of hydrogen-bond donors (Lipinski definition) is 2. The third-order valence-corrected chi connectivity index (χ3v) is 4.69. The molecular weight excluding hydrogens is 356 g/mol. The van der Waals surface area contributed by atoms with Gasteiger partial charge in [-0.2, -0.15) is 0 Å². The molecule has 0 unspecified atom stereocenters. The molecule has 0 amide bonds. The van der Waals surface area contributed by atoms with Crippen LogP contribution >= 0.6 is 0 Å². The fourth-order valence-electron chi connectivity index (χ4n) is 3.09. The van der Waals surface area contributed by atoms with Crippen LogP contribution in [-0.4, -0.2) is 27.4 Å². The lowest BCUT2D eigenvalue weighted by Gasteiger charge is -2.33. The molecular formula is C22H20N2O4. The number of benzene rings is 3. The van der Waals surface area contributed by atoms with Gasteiger partial charge in [-0.3, -0.25) is 15.1 Å². The summed E-state index contributed by atoms with van der Waals surface area (Å²) in [6.07, 6.45) is 1.35. The lowest BCUT2D eigenvalue weighted by Crippen LogP contribution is -2.38. The molecule has 6 nitrogen and oxygen atoms in total. The Balaban J connectivity index is 2.02. The van der Waals surface area contributed by atoms with E-state index in [2.05, 4.69) is 4.99 Å². The number of non-ortho nitro benzene ring substituents is 1. The van der Waals surface area contributed by atoms with Gasteiger partial charge in [-0.1, -0.05) is 60.7 Å². The second-order valence-corrected chi connectivity index (χ2v) is 6.45. The van der Waals surface area contributed by atoms with E-state index in [1.54, 1.807) is 6.92 Å². The summed E-state index contributed by atoms with van der Waals surface area (Å²) in [5, 5.41) is 32.6. The molecule has 0 saturated carbocycles. The van der Waals surface area contributed by atoms with Gasteiger partial charge in [0.25, 0.3) is 5.69 Å². The molecule has 0 aliphatic rings. The number of rotatable bonds is 6. The van der Waals surface area contributed by atoms with Gasteiger partial charge in [0.2, 0.25) is 0 Å². The van der Waals surface area contributed by atoms with E-state index in [1.807, 2.05) is 60.7 Å². The second kappa shape index (κ2) is 8.02. The van der Waals surface area contributed by atoms with Crippen LogP contribution in [0, 0.1) is 10.1 Å². The van der Waals surface area contributed by atoms with Crippen molar-refractivity contribution in [2.24, 2.45) is 4.99 Å². The summed E-state index contributed by atoms with van der Waals surface area (Å²) in [5.41, 5.74) is 0.0102. The molecule has 1 atom stereocenters. The van der Waals surface area contributed by atoms with Crippen LogP contribution in [0.1, 0.15) is 23.6 Å². The maximum atomic E-state index is 11.6. The zero-order valence-electron chi connectivity index (χ0n) is 15.3. The highest BCUT2D eigenvalue weighted by atomic mass is 16.6. The minimum absolute atomic E-state index is 0.121. The Morgan fingerprint density at radius 3 is 2.04 bits per heavy atom. The first-order valence-electron chi connectivity index (χ1n) is 8.77. The van der Waals surface area contributed by atoms with Crippen LogP contribution in [0.2, 0.25) is 0 Å². The molecule has 142 valence electrons. The first-order chi connectivity index (χ1) is 13.4. The molecule has 0 aliphatic heterocycles. The maximum absolute atomic E-state index is 11.6. The zero-order chi connectivity index (χ0) is 20.1. The van der Waals surface area contributed by atoms with E-state index in [0.29, 0.717) is 11.1 Å². The number of hydrogen-bond acceptors (Lipinski definition) is 5. The molecule has 0 bridgehead atoms. The van der Waals surface area contributed by atoms with E-state index in [0.717, 1.165) is 0 Å². The molecule has 3 aromatic rings. The van der Waals surface area contributed by atoms with Crippen molar-refractivity contribution >= 4 is 11.9 Å². The second-order valence-electron chi connectivity index (χ2n) is 6.45. The molecule has 2 N–H and O–H groups in total. The van der Waals surface area contributed by atoms with E-state index in [9.17, 15) is 20.3 Å². The van der Waals surface area contributed by atoms with Crippen LogP contribution in [0.25, 0.3) is 0 Å². The monoisotopic (exact) mass is 376 g/mol. The maximum Gasteiger partial charge on any atom is 0.270 e. The minimum atomic E-state index is -1.41. The molecule has 0 saturated heterocycles. The van der Waals surface area contributed by atoms with Crippen LogP contribution in [0.15, 0.2) is 83.9 Å². The molecule has 6 heteroatoms. The average Bonchev–Trinajstić information content (AvgIpc) is 2.73. The first-order valence-corrected chi connectivity index (χ1v) is 8.77. The van der Waals surface area contributed by atoms with Crippen molar-refractivity contribution in [3.63, 3.8) is 0 Å². The molecule has 28 heavy (non-hydrogen) atoms. The van der Waals surface area contributed by atoms with Gasteiger partial charge >= 0.3 is 0 Å². The highest BCUT2D eigenvalue weighted by Gasteiger charge is 2.37. The van der Waals surface area contributed by atoms with E-state index in [-0.39, 0.29) is 17.0 Å². The topological polar surface area (TPSA) is 96.0 Å². The van der Waals surface area contributed by atoms with Gasteiger partial charge < -0.3 is 10.2 Å². The summed E-state index contributed by atoms with van der Waals surface area (Å²) in [5.74, 6) is -0.121. The predicted molar refractivity (Wildman–Crippen MR) is 108 cm³/mol. The van der Waals surface area contributed by atoms with Crippen LogP contribution in [0.3, 0.4) is 0 Å². The SMILES string of the molecule is C[C@@H](N=Cc1cc([N+](=O)[O-])ccc1O)C(O)(c1ccccc1)c1ccccc1. The number of aromatic hydroxyl groups is 1. The first kappa shape index (κ1) is 19.3. The Morgan fingerprint density at radius 2 is 1.54 bits per heavy atom. The number of phenols is 1. The number of aliphatic hydroxyl groups is 1. The zero-order valence-corrected chi connectivity index (χ0v) is 15.3. The number of nitro benzene ring substituents is 1. The lowest BCUT2D eigenvalue weighted by atomic mass is 9.81. The van der Waals surface area contributed by atoms with E-state index < -0.39 is 16.6 Å². The molecule has 3 aromatic carbocycles. The van der Waals surface area contributed by atoms with Gasteiger partial charge in [0.15, 0.2) is 0 Å². The van der Waals surface area contributed by atoms with Crippen molar-refractivity contribution in [3.8, 4) is 5.75 Å². The normalized spacial score (nSPS) is 12.8. The predicted octanol–water partition coefficient (Wildman–Crippen LogP) is 4.04. The van der Waals surface area contributed by atoms with Crippen LogP contribution < -0.4 is 0 Å². The number of phenolic OH excluding ortho intramolecular Hbond substituents is 1. The highest BCUT2D eigenvalue weighted by molar-refractivity contribution is 5.84. The Morgan fingerprint density at radius 1 is 1.00 bits per heavy atom. The Hall–Kier alpha value is -3.51. The van der Waals surface area contributed by atoms with Crippen molar-refractivity contribution in [1.82, 2.24) is 0 Å². The van der Waals surface area contributed by atoms with Gasteiger partial charge in [-0.25, -0.2) is 0 Å². The molecule has 0 radical (unpaired) electrons. The summed E-state index contributed by atoms with van der Waals surface area (Å²) in [4.78, 5) is 14.9. The van der Waals surface area contributed by atoms with Crippen LogP contribution in [0.4, 0.5) is 5.69 Å². The summed E-state index contributed by atoms with van der Waals surface area (Å²) < 4.78 is 0. The highest BCUT2D eigenvalue weighted by Crippen LogP contribution is 2.34. The van der Waals surface area contributed by atoms with E-state index in [1.165, 1.54) is 24.4 Å². The van der Waals surface area contributed by atoms with E-state index in [4.69, 9.17) is 0 Å². The lowest BCUT2D eigenvalue weighted by molar-refractivity contribution is -0.384. The Bertz CT molecular complexity index is 948. The van der Waals surface area contributed by atoms with Crippen molar-refractivity contribution < 1.29 is 15.1 Å². The molecule has 0 fully saturated rings. The average molecular weight is 376 g/mol. The van der Waals surface area contributed by atoms with E-state index >= 15 is 0 Å². The van der Waals surface area contributed by atoms with Gasteiger partial charge in [-0.15, -0.1) is 0 Å². The standard InChI is InChI=1S/C22H20N2O4/c1-16(23-15-17-14-20(24(27)28)12-13-21(17)25)22(26,18-8-4-2-5-9-18)19-10-6-3-7-11-19/h2-16,25-26H,1H3/t16-/m1/s1. The molecule has 0 heterocycles. The van der Waals surface area contributed by atoms with Gasteiger partial charge in [0, 0.05) is 23.9 Å². The third-order valence-electron chi connectivity index (χ3n) is 4.69. The van der Waals surface area contributed by atoms with Crippen molar-refractivity contribution in [2.45, 2.75) is 18.6 Å². The molecule has 3 rings (SSSR count). The number of nitro groups is 1. The van der Waals surface area contributed by atoms with Gasteiger partial charge in [-0.05, 0) is 24.1 Å². The van der Waals surface area contributed by atoms with Gasteiger partial charge in [0.05, 0.1) is 11.0 Å². The van der Waals surface area contributed by atoms with Crippen molar-refractivity contribution in [3.05, 3.63) is 106 Å². The largest absolute Gasteiger partial charge is 0.507 e.